The lowest BCUT2D eigenvalue weighted by Gasteiger charge is -2.31. The van der Waals surface area contributed by atoms with Gasteiger partial charge in [-0.25, -0.2) is 8.42 Å². The van der Waals surface area contributed by atoms with Crippen molar-refractivity contribution in [1.29, 1.82) is 0 Å². The zero-order chi connectivity index (χ0) is 15.3. The second-order valence-electron chi connectivity index (χ2n) is 6.29. The van der Waals surface area contributed by atoms with Crippen LogP contribution in [0.1, 0.15) is 26.2 Å². The molecule has 2 unspecified atom stereocenters. The van der Waals surface area contributed by atoms with Crippen molar-refractivity contribution in [3.8, 4) is 0 Å². The number of aliphatic imine (C=N–C) groups is 1. The maximum absolute atomic E-state index is 11.5. The van der Waals surface area contributed by atoms with E-state index in [-0.39, 0.29) is 17.5 Å². The van der Waals surface area contributed by atoms with Gasteiger partial charge in [0, 0.05) is 32.7 Å². The highest BCUT2D eigenvalue weighted by atomic mass is 32.2. The first-order valence-corrected chi connectivity index (χ1v) is 9.70. The first kappa shape index (κ1) is 16.5. The van der Waals surface area contributed by atoms with Crippen LogP contribution in [0.4, 0.5) is 0 Å². The highest BCUT2D eigenvalue weighted by molar-refractivity contribution is 7.91. The van der Waals surface area contributed by atoms with E-state index >= 15 is 0 Å². The fourth-order valence-corrected chi connectivity index (χ4v) is 4.79. The molecule has 0 radical (unpaired) electrons. The molecule has 122 valence electrons. The number of sulfone groups is 1. The van der Waals surface area contributed by atoms with Crippen molar-refractivity contribution in [2.45, 2.75) is 32.2 Å². The molecule has 0 bridgehead atoms. The summed E-state index contributed by atoms with van der Waals surface area (Å²) in [4.78, 5) is 6.66. The zero-order valence-corrected chi connectivity index (χ0v) is 14.0. The van der Waals surface area contributed by atoms with Gasteiger partial charge in [0.2, 0.25) is 0 Å². The fraction of sp³-hybridized carbons (Fsp3) is 0.929. The Morgan fingerprint density at radius 1 is 1.38 bits per heavy atom. The topological polar surface area (TPSA) is 73.8 Å². The molecular formula is C14H28N4O2S. The average Bonchev–Trinajstić information content (AvgIpc) is 2.77. The summed E-state index contributed by atoms with van der Waals surface area (Å²) in [5.41, 5.74) is 0. The van der Waals surface area contributed by atoms with Gasteiger partial charge in [0.25, 0.3) is 0 Å². The third kappa shape index (κ3) is 5.47. The molecule has 2 aliphatic heterocycles. The minimum Gasteiger partial charge on any atom is -0.355 e. The van der Waals surface area contributed by atoms with Crippen LogP contribution in [0.3, 0.4) is 0 Å². The molecule has 0 spiro atoms. The molecule has 2 aliphatic rings. The summed E-state index contributed by atoms with van der Waals surface area (Å²) in [5, 5.41) is 6.50. The molecule has 2 N–H and O–H groups in total. The van der Waals surface area contributed by atoms with Gasteiger partial charge in [-0.1, -0.05) is 6.92 Å². The highest BCUT2D eigenvalue weighted by Gasteiger charge is 2.28. The summed E-state index contributed by atoms with van der Waals surface area (Å²) in [5.74, 6) is 2.01. The van der Waals surface area contributed by atoms with E-state index in [4.69, 9.17) is 0 Å². The average molecular weight is 316 g/mol. The van der Waals surface area contributed by atoms with Crippen molar-refractivity contribution < 1.29 is 8.42 Å². The molecule has 2 rings (SSSR count). The summed E-state index contributed by atoms with van der Waals surface area (Å²) >= 11 is 0. The zero-order valence-electron chi connectivity index (χ0n) is 13.1. The van der Waals surface area contributed by atoms with Crippen LogP contribution in [0.25, 0.3) is 0 Å². The van der Waals surface area contributed by atoms with E-state index in [0.717, 1.165) is 19.0 Å². The molecule has 0 saturated carbocycles. The largest absolute Gasteiger partial charge is 0.355 e. The van der Waals surface area contributed by atoms with Gasteiger partial charge in [0.1, 0.15) is 0 Å². The van der Waals surface area contributed by atoms with Crippen LogP contribution in [0.2, 0.25) is 0 Å². The van der Waals surface area contributed by atoms with E-state index < -0.39 is 9.84 Å². The molecule has 0 aromatic heterocycles. The number of hydrogen-bond donors (Lipinski definition) is 2. The van der Waals surface area contributed by atoms with Crippen LogP contribution in [0.5, 0.6) is 0 Å². The van der Waals surface area contributed by atoms with Gasteiger partial charge in [-0.05, 0) is 31.7 Å². The van der Waals surface area contributed by atoms with Gasteiger partial charge < -0.3 is 15.5 Å². The van der Waals surface area contributed by atoms with Crippen molar-refractivity contribution in [3.05, 3.63) is 0 Å². The van der Waals surface area contributed by atoms with Crippen LogP contribution < -0.4 is 10.6 Å². The lowest BCUT2D eigenvalue weighted by Crippen LogP contribution is -2.47. The molecule has 2 heterocycles. The molecule has 2 atom stereocenters. The number of nitrogens with one attached hydrogen (secondary N) is 2. The molecular weight excluding hydrogens is 288 g/mol. The molecule has 7 heteroatoms. The number of piperidine rings is 1. The molecule has 0 amide bonds. The highest BCUT2D eigenvalue weighted by Crippen LogP contribution is 2.14. The van der Waals surface area contributed by atoms with E-state index in [1.165, 1.54) is 25.9 Å². The van der Waals surface area contributed by atoms with Gasteiger partial charge in [0.05, 0.1) is 11.5 Å². The standard InChI is InChI=1S/C14H28N4O2S/c1-12-4-3-7-18(10-12)8-6-16-14(15-2)17-13-5-9-21(19,20)11-13/h12-13H,3-11H2,1-2H3,(H2,15,16,17). The monoisotopic (exact) mass is 316 g/mol. The van der Waals surface area contributed by atoms with Gasteiger partial charge in [-0.15, -0.1) is 0 Å². The van der Waals surface area contributed by atoms with Crippen molar-refractivity contribution in [2.24, 2.45) is 10.9 Å². The Bertz CT molecular complexity index is 464. The Labute approximate surface area is 128 Å². The van der Waals surface area contributed by atoms with E-state index in [1.54, 1.807) is 7.05 Å². The Morgan fingerprint density at radius 3 is 2.81 bits per heavy atom. The Hall–Kier alpha value is -0.820. The van der Waals surface area contributed by atoms with Crippen molar-refractivity contribution >= 4 is 15.8 Å². The summed E-state index contributed by atoms with van der Waals surface area (Å²) < 4.78 is 22.9. The second kappa shape index (κ2) is 7.45. The molecule has 0 aromatic carbocycles. The number of nitrogens with zero attached hydrogens (tertiary/aromatic N) is 2. The van der Waals surface area contributed by atoms with Gasteiger partial charge in [-0.2, -0.15) is 0 Å². The predicted molar refractivity (Wildman–Crippen MR) is 86.4 cm³/mol. The van der Waals surface area contributed by atoms with Crippen LogP contribution in [-0.2, 0) is 9.84 Å². The minimum atomic E-state index is -2.85. The smallest absolute Gasteiger partial charge is 0.191 e. The van der Waals surface area contributed by atoms with Crippen LogP contribution in [0.15, 0.2) is 4.99 Å². The first-order chi connectivity index (χ1) is 9.98. The maximum Gasteiger partial charge on any atom is 0.191 e. The summed E-state index contributed by atoms with van der Waals surface area (Å²) in [7, 11) is -1.12. The van der Waals surface area contributed by atoms with Crippen LogP contribution >= 0.6 is 0 Å². The number of guanidine groups is 1. The summed E-state index contributed by atoms with van der Waals surface area (Å²) in [6, 6.07) is -0.00351. The van der Waals surface area contributed by atoms with Crippen LogP contribution in [0, 0.1) is 5.92 Å². The molecule has 6 nitrogen and oxygen atoms in total. The lowest BCUT2D eigenvalue weighted by molar-refractivity contribution is 0.187. The number of hydrogen-bond acceptors (Lipinski definition) is 4. The fourth-order valence-electron chi connectivity index (χ4n) is 3.12. The first-order valence-electron chi connectivity index (χ1n) is 7.88. The molecule has 21 heavy (non-hydrogen) atoms. The third-order valence-corrected chi connectivity index (χ3v) is 6.03. The molecule has 2 fully saturated rings. The normalized spacial score (nSPS) is 30.3. The third-order valence-electron chi connectivity index (χ3n) is 4.26. The molecule has 0 aliphatic carbocycles. The summed E-state index contributed by atoms with van der Waals surface area (Å²) in [6.07, 6.45) is 3.30. The van der Waals surface area contributed by atoms with Crippen molar-refractivity contribution in [2.75, 3.05) is 44.7 Å². The SMILES string of the molecule is CN=C(NCCN1CCCC(C)C1)NC1CCS(=O)(=O)C1. The Balaban J connectivity index is 1.68. The maximum atomic E-state index is 11.5. The van der Waals surface area contributed by atoms with E-state index in [9.17, 15) is 8.42 Å². The second-order valence-corrected chi connectivity index (χ2v) is 8.52. The van der Waals surface area contributed by atoms with E-state index in [0.29, 0.717) is 12.4 Å². The van der Waals surface area contributed by atoms with Crippen molar-refractivity contribution in [1.82, 2.24) is 15.5 Å². The van der Waals surface area contributed by atoms with Gasteiger partial charge in [0.15, 0.2) is 15.8 Å². The lowest BCUT2D eigenvalue weighted by atomic mass is 10.0. The van der Waals surface area contributed by atoms with Gasteiger partial charge in [-0.3, -0.25) is 4.99 Å². The molecule has 2 saturated heterocycles. The number of likely N-dealkylation sites (tertiary alicyclic amines) is 1. The van der Waals surface area contributed by atoms with Gasteiger partial charge >= 0.3 is 0 Å². The Kier molecular flexibility index (Phi) is 5.87. The molecule has 0 aromatic rings. The van der Waals surface area contributed by atoms with Crippen LogP contribution in [-0.4, -0.2) is 70.1 Å². The number of rotatable bonds is 4. The predicted octanol–water partition coefficient (Wildman–Crippen LogP) is 0.0704. The van der Waals surface area contributed by atoms with E-state index in [2.05, 4.69) is 27.4 Å². The quantitative estimate of drug-likeness (QED) is 0.567. The Morgan fingerprint density at radius 2 is 2.19 bits per heavy atom. The minimum absolute atomic E-state index is 0.00351. The summed E-state index contributed by atoms with van der Waals surface area (Å²) in [6.45, 7) is 6.51. The van der Waals surface area contributed by atoms with Crippen molar-refractivity contribution in [3.63, 3.8) is 0 Å². The van der Waals surface area contributed by atoms with E-state index in [1.807, 2.05) is 0 Å².